The molecule has 0 unspecified atom stereocenters. The fourth-order valence-corrected chi connectivity index (χ4v) is 3.49. The predicted octanol–water partition coefficient (Wildman–Crippen LogP) is 3.32. The second-order valence-corrected chi connectivity index (χ2v) is 9.55. The number of amides is 1. The fourth-order valence-electron chi connectivity index (χ4n) is 3.03. The SMILES string of the molecule is [2H]C([2H])([2H])Oc1cccc(F)c1CNc1nc(C(F)(F)F)ncc1C(=O)N[C@H](/C=C/S(C)(=O)=O)C1CC1. The summed E-state index contributed by atoms with van der Waals surface area (Å²) < 4.78 is 104. The first-order valence-electron chi connectivity index (χ1n) is 11.4. The van der Waals surface area contributed by atoms with Crippen LogP contribution in [-0.2, 0) is 22.6 Å². The molecule has 1 aliphatic rings. The highest BCUT2D eigenvalue weighted by molar-refractivity contribution is 7.93. The maximum atomic E-state index is 14.5. The standard InChI is InChI=1S/C21H22F4N4O4S/c1-33-17-5-3-4-15(22)13(17)10-26-18-14(11-27-20(29-18)21(23,24)25)19(30)28-16(12-6-7-12)8-9-34(2,31)32/h3-5,8-9,11-12,16H,6-7,10H2,1-2H3,(H,28,30)(H,26,27,29)/b9-8+/t16-/m1/s1/i1D3. The third kappa shape index (κ3) is 6.65. The van der Waals surface area contributed by atoms with Gasteiger partial charge in [-0.1, -0.05) is 12.1 Å². The first-order chi connectivity index (χ1) is 17.0. The maximum Gasteiger partial charge on any atom is 0.451 e. The van der Waals surface area contributed by atoms with Crippen LogP contribution in [0.25, 0.3) is 0 Å². The molecule has 184 valence electrons. The normalized spacial score (nSPS) is 16.9. The smallest absolute Gasteiger partial charge is 0.451 e. The number of anilines is 1. The molecule has 13 heteroatoms. The Bertz CT molecular complexity index is 1300. The molecule has 8 nitrogen and oxygen atoms in total. The topological polar surface area (TPSA) is 110 Å². The molecule has 0 bridgehead atoms. The summed E-state index contributed by atoms with van der Waals surface area (Å²) in [5.74, 6) is -4.45. The van der Waals surface area contributed by atoms with E-state index in [4.69, 9.17) is 8.85 Å². The number of nitrogens with zero attached hydrogens (tertiary/aromatic N) is 2. The van der Waals surface area contributed by atoms with Crippen LogP contribution in [0.3, 0.4) is 0 Å². The van der Waals surface area contributed by atoms with Crippen LogP contribution in [0.5, 0.6) is 5.75 Å². The summed E-state index contributed by atoms with van der Waals surface area (Å²) in [7, 11) is -6.42. The number of rotatable bonds is 9. The van der Waals surface area contributed by atoms with Gasteiger partial charge >= 0.3 is 6.18 Å². The number of hydrogen-bond acceptors (Lipinski definition) is 7. The summed E-state index contributed by atoms with van der Waals surface area (Å²) >= 11 is 0. The average Bonchev–Trinajstić information content (AvgIpc) is 3.59. The van der Waals surface area contributed by atoms with E-state index in [-0.39, 0.29) is 17.2 Å². The van der Waals surface area contributed by atoms with Gasteiger partial charge in [0.15, 0.2) is 9.84 Å². The number of nitrogens with one attached hydrogen (secondary N) is 2. The molecule has 34 heavy (non-hydrogen) atoms. The molecule has 0 aliphatic heterocycles. The van der Waals surface area contributed by atoms with Crippen molar-refractivity contribution in [2.24, 2.45) is 5.92 Å². The third-order valence-corrected chi connectivity index (χ3v) is 5.52. The van der Waals surface area contributed by atoms with E-state index in [0.29, 0.717) is 19.0 Å². The van der Waals surface area contributed by atoms with Crippen LogP contribution in [0.4, 0.5) is 23.4 Å². The summed E-state index contributed by atoms with van der Waals surface area (Å²) in [6.45, 7) is -0.591. The van der Waals surface area contributed by atoms with Gasteiger partial charge < -0.3 is 15.4 Å². The second-order valence-electron chi connectivity index (χ2n) is 7.62. The van der Waals surface area contributed by atoms with Crippen LogP contribution in [-0.4, -0.2) is 43.6 Å². The van der Waals surface area contributed by atoms with E-state index in [9.17, 15) is 30.8 Å². The zero-order valence-corrected chi connectivity index (χ0v) is 18.5. The Balaban J connectivity index is 1.92. The Morgan fingerprint density at radius 3 is 2.74 bits per heavy atom. The molecule has 1 heterocycles. The Labute approximate surface area is 197 Å². The number of sulfone groups is 1. The Kier molecular flexibility index (Phi) is 6.24. The van der Waals surface area contributed by atoms with Crippen molar-refractivity contribution in [2.75, 3.05) is 18.6 Å². The van der Waals surface area contributed by atoms with Crippen LogP contribution in [0, 0.1) is 11.7 Å². The molecule has 2 aromatic rings. The lowest BCUT2D eigenvalue weighted by Crippen LogP contribution is -2.36. The highest BCUT2D eigenvalue weighted by Gasteiger charge is 2.36. The summed E-state index contributed by atoms with van der Waals surface area (Å²) in [6.07, 6.45) is -0.679. The Morgan fingerprint density at radius 2 is 2.12 bits per heavy atom. The van der Waals surface area contributed by atoms with Gasteiger partial charge in [-0.2, -0.15) is 13.2 Å². The van der Waals surface area contributed by atoms with Crippen molar-refractivity contribution in [2.45, 2.75) is 31.6 Å². The number of hydrogen-bond donors (Lipinski definition) is 2. The summed E-state index contributed by atoms with van der Waals surface area (Å²) in [6, 6.07) is 2.62. The van der Waals surface area contributed by atoms with Crippen molar-refractivity contribution in [3.63, 3.8) is 0 Å². The van der Waals surface area contributed by atoms with Gasteiger partial charge in [0.25, 0.3) is 5.91 Å². The quantitative estimate of drug-likeness (QED) is 0.503. The molecule has 0 radical (unpaired) electrons. The lowest BCUT2D eigenvalue weighted by atomic mass is 10.1. The highest BCUT2D eigenvalue weighted by Crippen LogP contribution is 2.34. The van der Waals surface area contributed by atoms with Crippen LogP contribution < -0.4 is 15.4 Å². The predicted molar refractivity (Wildman–Crippen MR) is 115 cm³/mol. The lowest BCUT2D eigenvalue weighted by molar-refractivity contribution is -0.144. The number of methoxy groups -OCH3 is 1. The van der Waals surface area contributed by atoms with Gasteiger partial charge in [0.1, 0.15) is 22.9 Å². The zero-order chi connectivity index (χ0) is 27.6. The van der Waals surface area contributed by atoms with Crippen molar-refractivity contribution in [1.29, 1.82) is 0 Å². The molecule has 1 aliphatic carbocycles. The summed E-state index contributed by atoms with van der Waals surface area (Å²) in [4.78, 5) is 19.5. The molecule has 1 atom stereocenters. The average molecular weight is 506 g/mol. The number of ether oxygens (including phenoxy) is 1. The number of aromatic nitrogens is 2. The molecule has 1 aromatic heterocycles. The van der Waals surface area contributed by atoms with E-state index in [1.54, 1.807) is 0 Å². The fraction of sp³-hybridized carbons (Fsp3) is 0.381. The Hall–Kier alpha value is -3.22. The molecular weight excluding hydrogens is 480 g/mol. The van der Waals surface area contributed by atoms with Gasteiger partial charge in [0.05, 0.1) is 17.2 Å². The van der Waals surface area contributed by atoms with Crippen molar-refractivity contribution in [3.05, 3.63) is 58.6 Å². The minimum atomic E-state index is -4.96. The minimum Gasteiger partial charge on any atom is -0.496 e. The molecule has 0 spiro atoms. The second kappa shape index (κ2) is 9.95. The van der Waals surface area contributed by atoms with Gasteiger partial charge in [-0.05, 0) is 30.9 Å². The number of carbonyl (C=O) groups excluding carboxylic acids is 1. The number of benzene rings is 1. The van der Waals surface area contributed by atoms with Crippen LogP contribution in [0.2, 0.25) is 0 Å². The largest absolute Gasteiger partial charge is 0.496 e. The van der Waals surface area contributed by atoms with Gasteiger partial charge in [-0.15, -0.1) is 0 Å². The molecule has 0 saturated heterocycles. The summed E-state index contributed by atoms with van der Waals surface area (Å²) in [5.41, 5.74) is -0.759. The molecule has 1 fully saturated rings. The Morgan fingerprint density at radius 1 is 1.38 bits per heavy atom. The molecule has 1 amide bonds. The van der Waals surface area contributed by atoms with Crippen molar-refractivity contribution in [1.82, 2.24) is 15.3 Å². The van der Waals surface area contributed by atoms with Crippen molar-refractivity contribution >= 4 is 21.6 Å². The highest BCUT2D eigenvalue weighted by atomic mass is 32.2. The monoisotopic (exact) mass is 505 g/mol. The van der Waals surface area contributed by atoms with Crippen molar-refractivity contribution in [3.8, 4) is 5.75 Å². The van der Waals surface area contributed by atoms with Gasteiger partial charge in [-0.3, -0.25) is 4.79 Å². The van der Waals surface area contributed by atoms with Crippen LogP contribution >= 0.6 is 0 Å². The molecule has 1 aromatic carbocycles. The lowest BCUT2D eigenvalue weighted by Gasteiger charge is -2.17. The van der Waals surface area contributed by atoms with E-state index in [0.717, 1.165) is 23.8 Å². The van der Waals surface area contributed by atoms with Crippen molar-refractivity contribution < 1.29 is 39.6 Å². The first-order valence-corrected chi connectivity index (χ1v) is 11.8. The number of alkyl halides is 3. The molecular formula is C21H22F4N4O4S. The van der Waals surface area contributed by atoms with Crippen LogP contribution in [0.1, 0.15) is 38.7 Å². The van der Waals surface area contributed by atoms with Gasteiger partial charge in [0, 0.05) is 30.0 Å². The number of halogens is 4. The maximum absolute atomic E-state index is 14.5. The molecule has 1 saturated carbocycles. The summed E-state index contributed by atoms with van der Waals surface area (Å²) in [5, 5.41) is 5.91. The molecule has 2 N–H and O–H groups in total. The number of carbonyl (C=O) groups is 1. The van der Waals surface area contributed by atoms with Gasteiger partial charge in [0.2, 0.25) is 5.82 Å². The van der Waals surface area contributed by atoms with E-state index in [1.807, 2.05) is 0 Å². The minimum absolute atomic E-state index is 0.0632. The van der Waals surface area contributed by atoms with E-state index < -0.39 is 64.6 Å². The first kappa shape index (κ1) is 21.3. The third-order valence-electron chi connectivity index (χ3n) is 4.87. The van der Waals surface area contributed by atoms with Crippen LogP contribution in [0.15, 0.2) is 35.9 Å². The molecule has 3 rings (SSSR count). The van der Waals surface area contributed by atoms with E-state index >= 15 is 0 Å². The van der Waals surface area contributed by atoms with E-state index in [2.05, 4.69) is 20.6 Å². The van der Waals surface area contributed by atoms with Gasteiger partial charge in [-0.25, -0.2) is 22.8 Å². The zero-order valence-electron chi connectivity index (χ0n) is 20.7. The van der Waals surface area contributed by atoms with E-state index in [1.165, 1.54) is 12.1 Å².